The van der Waals surface area contributed by atoms with E-state index in [1.165, 1.54) is 30.0 Å². The molecule has 2 aromatic carbocycles. The van der Waals surface area contributed by atoms with Gasteiger partial charge in [0.1, 0.15) is 17.2 Å². The number of nitrogens with one attached hydrogen (secondary N) is 1. The summed E-state index contributed by atoms with van der Waals surface area (Å²) in [6, 6.07) is 11.7. The van der Waals surface area contributed by atoms with E-state index in [1.807, 2.05) is 24.3 Å². The number of nitrogens with zero attached hydrogens (tertiary/aromatic N) is 1. The van der Waals surface area contributed by atoms with Crippen molar-refractivity contribution < 1.29 is 19.7 Å². The number of aromatic hydroxyl groups is 2. The van der Waals surface area contributed by atoms with Crippen LogP contribution in [0.2, 0.25) is 0 Å². The Labute approximate surface area is 148 Å². The van der Waals surface area contributed by atoms with Gasteiger partial charge in [0.2, 0.25) is 0 Å². The van der Waals surface area contributed by atoms with Crippen LogP contribution in [-0.4, -0.2) is 28.4 Å². The molecule has 0 aliphatic carbocycles. The normalized spacial score (nSPS) is 17.1. The number of carbonyl (C=O) groups excluding carboxylic acids is 1. The summed E-state index contributed by atoms with van der Waals surface area (Å²) in [6.07, 6.45) is 1.56. The second kappa shape index (κ2) is 7.31. The van der Waals surface area contributed by atoms with Crippen LogP contribution in [0.25, 0.3) is 6.08 Å². The molecule has 0 saturated carbocycles. The lowest BCUT2D eigenvalue weighted by Crippen LogP contribution is -2.19. The van der Waals surface area contributed by atoms with E-state index < -0.39 is 0 Å². The molecule has 0 spiro atoms. The van der Waals surface area contributed by atoms with Gasteiger partial charge in [-0.1, -0.05) is 12.1 Å². The molecule has 1 amide bonds. The van der Waals surface area contributed by atoms with E-state index in [0.29, 0.717) is 22.2 Å². The first-order valence-corrected chi connectivity index (χ1v) is 8.27. The average Bonchev–Trinajstić information content (AvgIpc) is 2.96. The van der Waals surface area contributed by atoms with Crippen LogP contribution in [0.15, 0.2) is 52.4 Å². The maximum atomic E-state index is 12.0. The van der Waals surface area contributed by atoms with Crippen LogP contribution in [0, 0.1) is 0 Å². The van der Waals surface area contributed by atoms with Gasteiger partial charge in [0.25, 0.3) is 5.91 Å². The third-order valence-electron chi connectivity index (χ3n) is 3.52. The van der Waals surface area contributed by atoms with Crippen LogP contribution in [0.4, 0.5) is 0 Å². The first kappa shape index (κ1) is 16.9. The van der Waals surface area contributed by atoms with Crippen molar-refractivity contribution in [1.29, 1.82) is 0 Å². The van der Waals surface area contributed by atoms with E-state index in [0.717, 1.165) is 11.3 Å². The molecule has 3 N–H and O–H groups in total. The first-order valence-electron chi connectivity index (χ1n) is 7.45. The molecule has 0 atom stereocenters. The van der Waals surface area contributed by atoms with Crippen LogP contribution in [-0.2, 0) is 11.3 Å². The van der Waals surface area contributed by atoms with E-state index in [-0.39, 0.29) is 17.4 Å². The van der Waals surface area contributed by atoms with Crippen molar-refractivity contribution in [3.05, 3.63) is 58.5 Å². The third kappa shape index (κ3) is 4.13. The highest BCUT2D eigenvalue weighted by Crippen LogP contribution is 2.30. The number of phenols is 2. The Morgan fingerprint density at radius 1 is 1.20 bits per heavy atom. The number of methoxy groups -OCH3 is 1. The summed E-state index contributed by atoms with van der Waals surface area (Å²) in [5.74, 6) is 0.374. The molecule has 0 radical (unpaired) electrons. The number of thioether (sulfide) groups is 1. The van der Waals surface area contributed by atoms with Gasteiger partial charge >= 0.3 is 0 Å². The van der Waals surface area contributed by atoms with Gasteiger partial charge in [-0.05, 0) is 47.7 Å². The van der Waals surface area contributed by atoms with Crippen LogP contribution in [0.3, 0.4) is 0 Å². The van der Waals surface area contributed by atoms with E-state index in [2.05, 4.69) is 10.3 Å². The Hall–Kier alpha value is -2.93. The number of rotatable bonds is 4. The largest absolute Gasteiger partial charge is 0.508 e. The van der Waals surface area contributed by atoms with Crippen molar-refractivity contribution in [3.8, 4) is 17.2 Å². The molecule has 6 nitrogen and oxygen atoms in total. The third-order valence-corrected chi connectivity index (χ3v) is 4.46. The molecule has 128 valence electrons. The van der Waals surface area contributed by atoms with Crippen molar-refractivity contribution in [2.45, 2.75) is 6.54 Å². The van der Waals surface area contributed by atoms with E-state index in [1.54, 1.807) is 13.2 Å². The molecular formula is C18H16N2O4S. The lowest BCUT2D eigenvalue weighted by atomic mass is 10.2. The van der Waals surface area contributed by atoms with Gasteiger partial charge in [0.15, 0.2) is 5.17 Å². The molecule has 1 aliphatic rings. The molecule has 1 saturated heterocycles. The zero-order chi connectivity index (χ0) is 17.8. The van der Waals surface area contributed by atoms with Crippen LogP contribution in [0.5, 0.6) is 17.2 Å². The topological polar surface area (TPSA) is 91.2 Å². The zero-order valence-corrected chi connectivity index (χ0v) is 14.2. The molecule has 0 aromatic heterocycles. The monoisotopic (exact) mass is 356 g/mol. The van der Waals surface area contributed by atoms with Gasteiger partial charge in [-0.3, -0.25) is 9.79 Å². The quantitative estimate of drug-likeness (QED) is 0.733. The molecule has 1 aliphatic heterocycles. The molecule has 1 fully saturated rings. The Kier molecular flexibility index (Phi) is 4.95. The summed E-state index contributed by atoms with van der Waals surface area (Å²) >= 11 is 1.21. The molecule has 0 bridgehead atoms. The fraction of sp³-hybridized carbons (Fsp3) is 0.111. The van der Waals surface area contributed by atoms with Crippen molar-refractivity contribution >= 4 is 28.9 Å². The number of hydrogen-bond donors (Lipinski definition) is 3. The Morgan fingerprint density at radius 2 is 1.96 bits per heavy atom. The number of amides is 1. The summed E-state index contributed by atoms with van der Waals surface area (Å²) in [5, 5.41) is 22.3. The minimum Gasteiger partial charge on any atom is -0.508 e. The summed E-state index contributed by atoms with van der Waals surface area (Å²) in [6.45, 7) is 0.435. The van der Waals surface area contributed by atoms with Crippen LogP contribution >= 0.6 is 11.8 Å². The standard InChI is InChI=1S/C18H16N2O4S/c1-24-14-6-2-11(3-7-14)10-19-18-20-17(23)16(25-18)8-12-4-5-13(21)9-15(12)22/h2-9,21-22H,10H2,1H3,(H,19,20,23)/b16-8-. The molecule has 1 heterocycles. The molecule has 7 heteroatoms. The lowest BCUT2D eigenvalue weighted by molar-refractivity contribution is -0.115. The van der Waals surface area contributed by atoms with Crippen LogP contribution in [0.1, 0.15) is 11.1 Å². The number of benzene rings is 2. The van der Waals surface area contributed by atoms with Crippen molar-refractivity contribution in [2.75, 3.05) is 7.11 Å². The second-order valence-electron chi connectivity index (χ2n) is 5.28. The highest BCUT2D eigenvalue weighted by atomic mass is 32.2. The Balaban J connectivity index is 1.71. The summed E-state index contributed by atoms with van der Waals surface area (Å²) in [4.78, 5) is 16.9. The molecule has 25 heavy (non-hydrogen) atoms. The number of ether oxygens (including phenoxy) is 1. The van der Waals surface area contributed by atoms with Crippen molar-refractivity contribution in [2.24, 2.45) is 4.99 Å². The average molecular weight is 356 g/mol. The van der Waals surface area contributed by atoms with E-state index >= 15 is 0 Å². The predicted molar refractivity (Wildman–Crippen MR) is 97.6 cm³/mol. The Morgan fingerprint density at radius 3 is 2.64 bits per heavy atom. The highest BCUT2D eigenvalue weighted by Gasteiger charge is 2.23. The maximum Gasteiger partial charge on any atom is 0.264 e. The fourth-order valence-corrected chi connectivity index (χ4v) is 3.00. The lowest BCUT2D eigenvalue weighted by Gasteiger charge is -2.01. The fourth-order valence-electron chi connectivity index (χ4n) is 2.19. The van der Waals surface area contributed by atoms with Gasteiger partial charge in [-0.25, -0.2) is 0 Å². The van der Waals surface area contributed by atoms with Gasteiger partial charge < -0.3 is 20.3 Å². The smallest absolute Gasteiger partial charge is 0.264 e. The van der Waals surface area contributed by atoms with Crippen molar-refractivity contribution in [3.63, 3.8) is 0 Å². The maximum absolute atomic E-state index is 12.0. The molecule has 3 rings (SSSR count). The summed E-state index contributed by atoms with van der Waals surface area (Å²) in [7, 11) is 1.61. The van der Waals surface area contributed by atoms with Gasteiger partial charge in [0, 0.05) is 11.6 Å². The Bertz CT molecular complexity index is 860. The van der Waals surface area contributed by atoms with Gasteiger partial charge in [0.05, 0.1) is 18.6 Å². The summed E-state index contributed by atoms with van der Waals surface area (Å²) < 4.78 is 5.11. The SMILES string of the molecule is COc1ccc(CN=C2NC(=O)/C(=C/c3ccc(O)cc3O)S2)cc1. The summed E-state index contributed by atoms with van der Waals surface area (Å²) in [5.41, 5.74) is 1.45. The van der Waals surface area contributed by atoms with Gasteiger partial charge in [-0.15, -0.1) is 0 Å². The second-order valence-corrected chi connectivity index (χ2v) is 6.31. The number of hydrogen-bond acceptors (Lipinski definition) is 6. The zero-order valence-electron chi connectivity index (χ0n) is 13.4. The predicted octanol–water partition coefficient (Wildman–Crippen LogP) is 2.87. The van der Waals surface area contributed by atoms with E-state index in [4.69, 9.17) is 4.74 Å². The molecular weight excluding hydrogens is 340 g/mol. The minimum atomic E-state index is -0.272. The highest BCUT2D eigenvalue weighted by molar-refractivity contribution is 8.18. The van der Waals surface area contributed by atoms with Crippen LogP contribution < -0.4 is 10.1 Å². The van der Waals surface area contributed by atoms with Gasteiger partial charge in [-0.2, -0.15) is 0 Å². The number of carbonyl (C=O) groups is 1. The molecule has 0 unspecified atom stereocenters. The number of aliphatic imine (C=N–C) groups is 1. The first-order chi connectivity index (χ1) is 12.0. The minimum absolute atomic E-state index is 0.0371. The number of amidine groups is 1. The molecule has 2 aromatic rings. The van der Waals surface area contributed by atoms with E-state index in [9.17, 15) is 15.0 Å². The number of phenolic OH excluding ortho intramolecular Hbond substituents is 2. The van der Waals surface area contributed by atoms with Crippen molar-refractivity contribution in [1.82, 2.24) is 5.32 Å².